The van der Waals surface area contributed by atoms with Crippen LogP contribution in [0.3, 0.4) is 0 Å². The van der Waals surface area contributed by atoms with Crippen LogP contribution < -0.4 is 4.31 Å². The predicted molar refractivity (Wildman–Crippen MR) is 197 cm³/mol. The number of para-hydroxylation sites is 1. The Labute approximate surface area is 273 Å². The summed E-state index contributed by atoms with van der Waals surface area (Å²) < 4.78 is 4.85. The molecule has 10 rings (SSSR count). The van der Waals surface area contributed by atoms with Gasteiger partial charge in [-0.2, -0.15) is 0 Å². The molecule has 216 valence electrons. The Balaban J connectivity index is 1.38. The van der Waals surface area contributed by atoms with E-state index in [1.807, 2.05) is 11.3 Å². The minimum absolute atomic E-state index is 0.691. The summed E-state index contributed by atoms with van der Waals surface area (Å²) in [5.74, 6) is 0.691. The quantitative estimate of drug-likeness (QED) is 0.179. The van der Waals surface area contributed by atoms with E-state index in [-0.39, 0.29) is 0 Å². The van der Waals surface area contributed by atoms with Crippen LogP contribution in [0.15, 0.2) is 138 Å². The first-order chi connectivity index (χ1) is 22.7. The highest BCUT2D eigenvalue weighted by Gasteiger charge is 2.33. The second-order valence-corrected chi connectivity index (χ2v) is 13.9. The van der Waals surface area contributed by atoms with Gasteiger partial charge in [0.05, 0.1) is 21.6 Å². The van der Waals surface area contributed by atoms with Gasteiger partial charge in [-0.1, -0.05) is 115 Å². The van der Waals surface area contributed by atoms with E-state index in [1.165, 1.54) is 63.3 Å². The summed E-state index contributed by atoms with van der Waals surface area (Å²) in [7, 11) is 0. The number of fused-ring (bicyclic) bond motifs is 13. The Morgan fingerprint density at radius 2 is 1.26 bits per heavy atom. The number of hydrogen-bond acceptors (Lipinski definition) is 5. The molecule has 0 N–H and O–H groups in total. The molecule has 9 aromatic rings. The lowest BCUT2D eigenvalue weighted by Crippen LogP contribution is -2.16. The van der Waals surface area contributed by atoms with Crippen molar-refractivity contribution in [1.29, 1.82) is 0 Å². The van der Waals surface area contributed by atoms with Crippen molar-refractivity contribution in [2.75, 3.05) is 4.31 Å². The zero-order valence-corrected chi connectivity index (χ0v) is 26.5. The number of hydrogen-bond donors (Lipinski definition) is 0. The van der Waals surface area contributed by atoms with E-state index in [4.69, 9.17) is 9.97 Å². The minimum Gasteiger partial charge on any atom is -0.246 e. The zero-order chi connectivity index (χ0) is 30.4. The van der Waals surface area contributed by atoms with E-state index in [2.05, 4.69) is 145 Å². The van der Waals surface area contributed by atoms with E-state index < -0.39 is 0 Å². The van der Waals surface area contributed by atoms with Crippen LogP contribution in [0, 0.1) is 6.92 Å². The van der Waals surface area contributed by atoms with Crippen molar-refractivity contribution in [1.82, 2.24) is 9.97 Å². The fourth-order valence-electron chi connectivity index (χ4n) is 7.16. The largest absolute Gasteiger partial charge is 0.246 e. The maximum absolute atomic E-state index is 5.43. The van der Waals surface area contributed by atoms with Gasteiger partial charge in [-0.3, -0.25) is 0 Å². The molecule has 0 spiro atoms. The monoisotopic (exact) mass is 623 g/mol. The van der Waals surface area contributed by atoms with Gasteiger partial charge in [0.2, 0.25) is 5.95 Å². The fourth-order valence-corrected chi connectivity index (χ4v) is 9.54. The molecule has 0 amide bonds. The van der Waals surface area contributed by atoms with E-state index in [0.717, 1.165) is 27.8 Å². The Morgan fingerprint density at radius 1 is 0.565 bits per heavy atom. The summed E-state index contributed by atoms with van der Waals surface area (Å²) in [6, 6.07) is 47.9. The Morgan fingerprint density at radius 3 is 2.13 bits per heavy atom. The van der Waals surface area contributed by atoms with Crippen molar-refractivity contribution in [3.63, 3.8) is 0 Å². The number of aromatic nitrogens is 2. The highest BCUT2D eigenvalue weighted by atomic mass is 32.2. The summed E-state index contributed by atoms with van der Waals surface area (Å²) in [6.07, 6.45) is 0. The molecule has 46 heavy (non-hydrogen) atoms. The molecule has 2 aromatic heterocycles. The number of aryl methyl sites for hydroxylation is 1. The third-order valence-corrected chi connectivity index (χ3v) is 11.5. The smallest absolute Gasteiger partial charge is 0.241 e. The van der Waals surface area contributed by atoms with Gasteiger partial charge in [-0.25, -0.2) is 14.3 Å². The molecule has 0 saturated carbocycles. The average molecular weight is 624 g/mol. The van der Waals surface area contributed by atoms with Gasteiger partial charge in [0.25, 0.3) is 0 Å². The third-order valence-electron chi connectivity index (χ3n) is 9.22. The molecular weight excluding hydrogens is 599 g/mol. The molecule has 5 heteroatoms. The van der Waals surface area contributed by atoms with Crippen LogP contribution in [0.1, 0.15) is 5.56 Å². The van der Waals surface area contributed by atoms with Crippen LogP contribution >= 0.6 is 23.3 Å². The molecule has 0 fully saturated rings. The molecular formula is C41H25N3S2. The van der Waals surface area contributed by atoms with Crippen LogP contribution in [-0.2, 0) is 0 Å². The van der Waals surface area contributed by atoms with Crippen molar-refractivity contribution in [3.05, 3.63) is 139 Å². The van der Waals surface area contributed by atoms with Crippen LogP contribution in [0.4, 0.5) is 11.6 Å². The number of anilines is 2. The van der Waals surface area contributed by atoms with Crippen LogP contribution in [0.25, 0.3) is 75.0 Å². The second-order valence-electron chi connectivity index (χ2n) is 11.8. The van der Waals surface area contributed by atoms with E-state index >= 15 is 0 Å². The van der Waals surface area contributed by atoms with Gasteiger partial charge in [0, 0.05) is 42.4 Å². The molecule has 0 bridgehead atoms. The molecule has 1 aliphatic rings. The lowest BCUT2D eigenvalue weighted by atomic mass is 9.90. The highest BCUT2D eigenvalue weighted by molar-refractivity contribution is 8.01. The van der Waals surface area contributed by atoms with Crippen LogP contribution in [0.5, 0.6) is 0 Å². The minimum atomic E-state index is 0.691. The molecule has 0 aliphatic carbocycles. The van der Waals surface area contributed by atoms with Gasteiger partial charge in [-0.05, 0) is 64.2 Å². The fraction of sp³-hybridized carbons (Fsp3) is 0.0244. The molecule has 7 aromatic carbocycles. The van der Waals surface area contributed by atoms with Crippen molar-refractivity contribution in [2.24, 2.45) is 0 Å². The van der Waals surface area contributed by atoms with E-state index in [0.29, 0.717) is 5.95 Å². The van der Waals surface area contributed by atoms with E-state index in [9.17, 15) is 0 Å². The SMILES string of the molecule is Cc1ccccc1-c1nc(N2Sc3ccc4ccccc4c3-c3c2c2sc4ccccc4c2c2ccccc32)nc2ccccc12. The van der Waals surface area contributed by atoms with Crippen LogP contribution in [0.2, 0.25) is 0 Å². The topological polar surface area (TPSA) is 29.0 Å². The standard InChI is InChI=1S/C41H25N3S2/c1-24-12-2-4-14-26(24)38-30-18-8-10-20-32(30)42-41(43-38)44-39-37(36-27-15-5-3-13-25(27)22-23-34(36)46-44)29-17-7-6-16-28(29)35-31-19-9-11-21-33(31)45-40(35)39/h2-23H,1H3. The zero-order valence-electron chi connectivity index (χ0n) is 24.9. The molecule has 0 radical (unpaired) electrons. The maximum Gasteiger partial charge on any atom is 0.241 e. The summed E-state index contributed by atoms with van der Waals surface area (Å²) in [6.45, 7) is 2.16. The van der Waals surface area contributed by atoms with Crippen LogP contribution in [-0.4, -0.2) is 9.97 Å². The Kier molecular flexibility index (Phi) is 5.59. The number of rotatable bonds is 2. The normalized spacial score (nSPS) is 12.8. The maximum atomic E-state index is 5.43. The molecule has 3 nitrogen and oxygen atoms in total. The van der Waals surface area contributed by atoms with E-state index in [1.54, 1.807) is 11.9 Å². The highest BCUT2D eigenvalue weighted by Crippen LogP contribution is 2.59. The van der Waals surface area contributed by atoms with Gasteiger partial charge < -0.3 is 0 Å². The Hall–Kier alpha value is -5.23. The van der Waals surface area contributed by atoms with Gasteiger partial charge in [0.1, 0.15) is 0 Å². The second kappa shape index (κ2) is 9.88. The first-order valence-electron chi connectivity index (χ1n) is 15.4. The van der Waals surface area contributed by atoms with Gasteiger partial charge >= 0.3 is 0 Å². The number of nitrogens with zero attached hydrogens (tertiary/aromatic N) is 3. The van der Waals surface area contributed by atoms with Crippen molar-refractivity contribution in [2.45, 2.75) is 11.8 Å². The average Bonchev–Trinajstić information content (AvgIpc) is 3.51. The van der Waals surface area contributed by atoms with Crippen molar-refractivity contribution < 1.29 is 0 Å². The Bertz CT molecular complexity index is 2710. The number of benzene rings is 7. The summed E-state index contributed by atoms with van der Waals surface area (Å²) >= 11 is 3.60. The molecule has 0 atom stereocenters. The molecule has 0 saturated heterocycles. The van der Waals surface area contributed by atoms with Gasteiger partial charge in [-0.15, -0.1) is 11.3 Å². The first-order valence-corrected chi connectivity index (χ1v) is 17.0. The van der Waals surface area contributed by atoms with Gasteiger partial charge in [0.15, 0.2) is 0 Å². The lowest BCUT2D eigenvalue weighted by Gasteiger charge is -2.32. The summed E-state index contributed by atoms with van der Waals surface area (Å²) in [5.41, 5.74) is 7.90. The lowest BCUT2D eigenvalue weighted by molar-refractivity contribution is 1.16. The molecule has 1 aliphatic heterocycles. The summed E-state index contributed by atoms with van der Waals surface area (Å²) in [4.78, 5) is 11.9. The number of thiophene rings is 1. The first kappa shape index (κ1) is 26.0. The predicted octanol–water partition coefficient (Wildman–Crippen LogP) is 12.1. The van der Waals surface area contributed by atoms with Crippen molar-refractivity contribution in [3.8, 4) is 22.4 Å². The molecule has 0 unspecified atom stereocenters. The summed E-state index contributed by atoms with van der Waals surface area (Å²) in [5, 5.41) is 8.67. The third kappa shape index (κ3) is 3.67. The molecule has 3 heterocycles. The van der Waals surface area contributed by atoms with Crippen molar-refractivity contribution >= 4 is 87.5 Å².